The molecular weight excluding hydrogens is 340 g/mol. The van der Waals surface area contributed by atoms with E-state index in [2.05, 4.69) is 10.3 Å². The summed E-state index contributed by atoms with van der Waals surface area (Å²) in [6.45, 7) is 1.95. The molecule has 7 nitrogen and oxygen atoms in total. The Balaban J connectivity index is 1.47. The minimum Gasteiger partial charge on any atom is -0.396 e. The van der Waals surface area contributed by atoms with Gasteiger partial charge < -0.3 is 14.7 Å². The van der Waals surface area contributed by atoms with Crippen LogP contribution in [0.2, 0.25) is 0 Å². The molecule has 2 atom stereocenters. The summed E-state index contributed by atoms with van der Waals surface area (Å²) in [5, 5.41) is 17.0. The maximum atomic E-state index is 12.8. The first-order valence-electron chi connectivity index (χ1n) is 8.40. The number of carbonyl (C=O) groups is 1. The number of likely N-dealkylation sites (tertiary alicyclic amines) is 1. The monoisotopic (exact) mass is 360 g/mol. The second-order valence-electron chi connectivity index (χ2n) is 6.22. The normalized spacial score (nSPS) is 22.4. The molecule has 3 heterocycles. The highest BCUT2D eigenvalue weighted by molar-refractivity contribution is 7.99. The fourth-order valence-corrected chi connectivity index (χ4v) is 4.06. The lowest BCUT2D eigenvalue weighted by Gasteiger charge is -2.41. The summed E-state index contributed by atoms with van der Waals surface area (Å²) >= 11 is 1.57. The third kappa shape index (κ3) is 3.29. The molecule has 1 N–H and O–H groups in total. The second kappa shape index (κ2) is 7.15. The number of benzene rings is 1. The number of thioether (sulfide) groups is 1. The fourth-order valence-electron chi connectivity index (χ4n) is 3.40. The fraction of sp³-hybridized carbons (Fsp3) is 0.471. The quantitative estimate of drug-likeness (QED) is 0.829. The predicted molar refractivity (Wildman–Crippen MR) is 92.4 cm³/mol. The van der Waals surface area contributed by atoms with Crippen molar-refractivity contribution in [3.63, 3.8) is 0 Å². The van der Waals surface area contributed by atoms with E-state index in [1.807, 2.05) is 33.8 Å². The first kappa shape index (κ1) is 16.6. The van der Waals surface area contributed by atoms with Crippen molar-refractivity contribution in [2.24, 2.45) is 0 Å². The van der Waals surface area contributed by atoms with Crippen molar-refractivity contribution in [1.82, 2.24) is 19.9 Å². The number of nitrogens with zero attached hydrogens (tertiary/aromatic N) is 4. The van der Waals surface area contributed by atoms with Crippen LogP contribution in [0.4, 0.5) is 0 Å². The zero-order chi connectivity index (χ0) is 17.2. The van der Waals surface area contributed by atoms with Crippen molar-refractivity contribution >= 4 is 17.7 Å². The summed E-state index contributed by atoms with van der Waals surface area (Å²) in [7, 11) is 0. The molecule has 0 aliphatic carbocycles. The van der Waals surface area contributed by atoms with Crippen LogP contribution < -0.4 is 0 Å². The Labute approximate surface area is 150 Å². The van der Waals surface area contributed by atoms with Crippen molar-refractivity contribution in [3.05, 3.63) is 41.7 Å². The van der Waals surface area contributed by atoms with E-state index in [4.69, 9.17) is 9.84 Å². The zero-order valence-corrected chi connectivity index (χ0v) is 14.6. The molecule has 1 amide bonds. The van der Waals surface area contributed by atoms with Gasteiger partial charge in [0.1, 0.15) is 0 Å². The molecule has 0 spiro atoms. The van der Waals surface area contributed by atoms with Crippen LogP contribution in [0.5, 0.6) is 0 Å². The molecule has 1 saturated heterocycles. The summed E-state index contributed by atoms with van der Waals surface area (Å²) in [6, 6.07) is 7.60. The summed E-state index contributed by atoms with van der Waals surface area (Å²) in [6.07, 6.45) is 2.62. The van der Waals surface area contributed by atoms with Crippen molar-refractivity contribution in [2.75, 3.05) is 25.4 Å². The van der Waals surface area contributed by atoms with Crippen LogP contribution >= 0.6 is 11.8 Å². The maximum absolute atomic E-state index is 12.8. The Morgan fingerprint density at radius 3 is 3.00 bits per heavy atom. The Hall–Kier alpha value is -1.90. The summed E-state index contributed by atoms with van der Waals surface area (Å²) in [5.74, 6) is 0.687. The molecule has 0 bridgehead atoms. The average Bonchev–Trinajstić information content (AvgIpc) is 3.15. The summed E-state index contributed by atoms with van der Waals surface area (Å²) in [5.41, 5.74) is 1.64. The topological polar surface area (TPSA) is 80.5 Å². The van der Waals surface area contributed by atoms with Gasteiger partial charge in [-0.3, -0.25) is 4.79 Å². The van der Waals surface area contributed by atoms with Gasteiger partial charge in [0.25, 0.3) is 5.91 Å². The molecule has 0 radical (unpaired) electrons. The highest BCUT2D eigenvalue weighted by Gasteiger charge is 2.37. The molecular formula is C17H20N4O3S. The number of aliphatic hydroxyl groups excluding tert-OH is 1. The van der Waals surface area contributed by atoms with E-state index in [0.29, 0.717) is 31.0 Å². The molecule has 0 unspecified atom stereocenters. The molecule has 2 aliphatic heterocycles. The minimum atomic E-state index is 0.0309. The SMILES string of the molecule is O=C(c1ccc(SCCO)cc1)N1CC[C@H]2OCc3cnnn3[C@@H]2C1. The Morgan fingerprint density at radius 1 is 1.36 bits per heavy atom. The van der Waals surface area contributed by atoms with Crippen LogP contribution in [-0.4, -0.2) is 62.5 Å². The molecule has 132 valence electrons. The van der Waals surface area contributed by atoms with Gasteiger partial charge >= 0.3 is 0 Å². The summed E-state index contributed by atoms with van der Waals surface area (Å²) in [4.78, 5) is 15.8. The van der Waals surface area contributed by atoms with E-state index < -0.39 is 0 Å². The van der Waals surface area contributed by atoms with E-state index in [1.165, 1.54) is 0 Å². The predicted octanol–water partition coefficient (Wildman–Crippen LogP) is 1.35. The molecule has 4 rings (SSSR count). The number of hydrogen-bond acceptors (Lipinski definition) is 6. The van der Waals surface area contributed by atoms with Crippen molar-refractivity contribution in [3.8, 4) is 0 Å². The average molecular weight is 360 g/mol. The van der Waals surface area contributed by atoms with Gasteiger partial charge in [0, 0.05) is 29.3 Å². The maximum Gasteiger partial charge on any atom is 0.253 e. The Morgan fingerprint density at radius 2 is 2.20 bits per heavy atom. The number of hydrogen-bond donors (Lipinski definition) is 1. The number of aliphatic hydroxyl groups is 1. The molecule has 1 aromatic heterocycles. The first-order valence-corrected chi connectivity index (χ1v) is 9.38. The van der Waals surface area contributed by atoms with Gasteiger partial charge in [-0.15, -0.1) is 16.9 Å². The van der Waals surface area contributed by atoms with E-state index >= 15 is 0 Å². The number of fused-ring (bicyclic) bond motifs is 3. The standard InChI is InChI=1S/C17H20N4O3S/c22-7-8-25-14-3-1-12(2-4-14)17(23)20-6-5-16-15(10-20)21-13(11-24-16)9-18-19-21/h1-4,9,15-16,22H,5-8,10-11H2/t15-,16-/m1/s1. The van der Waals surface area contributed by atoms with Gasteiger partial charge in [-0.1, -0.05) is 5.21 Å². The lowest BCUT2D eigenvalue weighted by atomic mass is 9.99. The third-order valence-corrected chi connectivity index (χ3v) is 5.67. The van der Waals surface area contributed by atoms with Crippen LogP contribution in [0.25, 0.3) is 0 Å². The van der Waals surface area contributed by atoms with Crippen molar-refractivity contribution in [1.29, 1.82) is 0 Å². The lowest BCUT2D eigenvalue weighted by Crippen LogP contribution is -2.49. The van der Waals surface area contributed by atoms with Crippen LogP contribution in [0.3, 0.4) is 0 Å². The van der Waals surface area contributed by atoms with Gasteiger partial charge in [0.15, 0.2) is 0 Å². The van der Waals surface area contributed by atoms with Crippen LogP contribution in [0.15, 0.2) is 35.4 Å². The number of piperidine rings is 1. The number of ether oxygens (including phenoxy) is 1. The number of rotatable bonds is 4. The van der Waals surface area contributed by atoms with Gasteiger partial charge in [0.2, 0.25) is 0 Å². The second-order valence-corrected chi connectivity index (χ2v) is 7.39. The number of aromatic nitrogens is 3. The molecule has 1 aromatic carbocycles. The number of amides is 1. The van der Waals surface area contributed by atoms with Gasteiger partial charge in [-0.25, -0.2) is 4.68 Å². The highest BCUT2D eigenvalue weighted by atomic mass is 32.2. The molecule has 1 fully saturated rings. The van der Waals surface area contributed by atoms with E-state index in [-0.39, 0.29) is 24.7 Å². The van der Waals surface area contributed by atoms with Crippen LogP contribution in [0.1, 0.15) is 28.5 Å². The first-order chi connectivity index (χ1) is 12.3. The lowest BCUT2D eigenvalue weighted by molar-refractivity contribution is -0.0605. The van der Waals surface area contributed by atoms with E-state index in [1.54, 1.807) is 18.0 Å². The third-order valence-electron chi connectivity index (χ3n) is 4.68. The van der Waals surface area contributed by atoms with Gasteiger partial charge in [-0.2, -0.15) is 0 Å². The number of carbonyl (C=O) groups excluding carboxylic acids is 1. The van der Waals surface area contributed by atoms with Crippen molar-refractivity contribution in [2.45, 2.75) is 30.1 Å². The molecule has 8 heteroatoms. The van der Waals surface area contributed by atoms with E-state index in [9.17, 15) is 4.79 Å². The van der Waals surface area contributed by atoms with Gasteiger partial charge in [-0.05, 0) is 30.7 Å². The van der Waals surface area contributed by atoms with E-state index in [0.717, 1.165) is 17.0 Å². The smallest absolute Gasteiger partial charge is 0.253 e. The molecule has 2 aromatic rings. The molecule has 25 heavy (non-hydrogen) atoms. The Kier molecular flexibility index (Phi) is 4.74. The Bertz CT molecular complexity index is 749. The largest absolute Gasteiger partial charge is 0.396 e. The molecule has 2 aliphatic rings. The molecule has 0 saturated carbocycles. The zero-order valence-electron chi connectivity index (χ0n) is 13.7. The summed E-state index contributed by atoms with van der Waals surface area (Å²) < 4.78 is 7.80. The van der Waals surface area contributed by atoms with Crippen LogP contribution in [0, 0.1) is 0 Å². The highest BCUT2D eigenvalue weighted by Crippen LogP contribution is 2.30. The minimum absolute atomic E-state index is 0.0309. The van der Waals surface area contributed by atoms with Crippen molar-refractivity contribution < 1.29 is 14.6 Å². The van der Waals surface area contributed by atoms with Crippen LogP contribution in [-0.2, 0) is 11.3 Å². The van der Waals surface area contributed by atoms with Gasteiger partial charge in [0.05, 0.1) is 37.3 Å².